The molecule has 0 aromatic rings. The van der Waals surface area contributed by atoms with Gasteiger partial charge in [0.25, 0.3) is 0 Å². The van der Waals surface area contributed by atoms with Crippen molar-refractivity contribution < 1.29 is 0 Å². The van der Waals surface area contributed by atoms with Crippen LogP contribution in [0.15, 0.2) is 23.8 Å². The summed E-state index contributed by atoms with van der Waals surface area (Å²) in [6.07, 6.45) is 9.16. The maximum Gasteiger partial charge on any atom is 0.00174 e. The Morgan fingerprint density at radius 2 is 2.27 bits per heavy atom. The van der Waals surface area contributed by atoms with E-state index in [0.29, 0.717) is 5.92 Å². The van der Waals surface area contributed by atoms with E-state index in [1.165, 1.54) is 25.0 Å². The molecular formula is C13H24N2. The number of hydrogen-bond acceptors (Lipinski definition) is 2. The summed E-state index contributed by atoms with van der Waals surface area (Å²) in [7, 11) is 4.25. The van der Waals surface area contributed by atoms with Gasteiger partial charge in [0.05, 0.1) is 0 Å². The first-order chi connectivity index (χ1) is 7.18. The van der Waals surface area contributed by atoms with Crippen molar-refractivity contribution in [2.24, 2.45) is 5.92 Å². The molecule has 15 heavy (non-hydrogen) atoms. The lowest BCUT2D eigenvalue weighted by molar-refractivity contribution is 0.391. The van der Waals surface area contributed by atoms with Gasteiger partial charge in [0, 0.05) is 6.54 Å². The van der Waals surface area contributed by atoms with Crippen LogP contribution in [0.3, 0.4) is 0 Å². The molecule has 0 bridgehead atoms. The Labute approximate surface area is 94.0 Å². The van der Waals surface area contributed by atoms with E-state index in [1.54, 1.807) is 0 Å². The second kappa shape index (κ2) is 6.81. The SMILES string of the molecule is CC1=CC=CC(CNCCCN(C)C)C1. The lowest BCUT2D eigenvalue weighted by Crippen LogP contribution is -2.26. The number of nitrogens with one attached hydrogen (secondary N) is 1. The van der Waals surface area contributed by atoms with Gasteiger partial charge in [0.1, 0.15) is 0 Å². The zero-order valence-corrected chi connectivity index (χ0v) is 10.3. The van der Waals surface area contributed by atoms with Gasteiger partial charge in [-0.1, -0.05) is 23.8 Å². The summed E-state index contributed by atoms with van der Waals surface area (Å²) in [5.74, 6) is 0.703. The molecule has 86 valence electrons. The van der Waals surface area contributed by atoms with Gasteiger partial charge in [0.15, 0.2) is 0 Å². The Hall–Kier alpha value is -0.600. The van der Waals surface area contributed by atoms with Crippen LogP contribution in [0.1, 0.15) is 19.8 Å². The molecule has 0 heterocycles. The van der Waals surface area contributed by atoms with E-state index in [9.17, 15) is 0 Å². The van der Waals surface area contributed by atoms with Crippen molar-refractivity contribution in [3.8, 4) is 0 Å². The molecule has 1 atom stereocenters. The fourth-order valence-electron chi connectivity index (χ4n) is 1.87. The normalized spacial score (nSPS) is 20.8. The molecule has 0 aromatic carbocycles. The molecule has 0 fully saturated rings. The standard InChI is InChI=1S/C13H24N2/c1-12-6-4-7-13(10-12)11-14-8-5-9-15(2)3/h4,6-7,13-14H,5,8-11H2,1-3H3. The molecule has 1 N–H and O–H groups in total. The van der Waals surface area contributed by atoms with Crippen LogP contribution in [0, 0.1) is 5.92 Å². The maximum absolute atomic E-state index is 3.53. The summed E-state index contributed by atoms with van der Waals surface area (Å²) in [6, 6.07) is 0. The van der Waals surface area contributed by atoms with E-state index in [1.807, 2.05) is 0 Å². The van der Waals surface area contributed by atoms with E-state index >= 15 is 0 Å². The summed E-state index contributed by atoms with van der Waals surface area (Å²) in [4.78, 5) is 2.23. The molecule has 1 rings (SSSR count). The van der Waals surface area contributed by atoms with Crippen LogP contribution in [0.2, 0.25) is 0 Å². The second-order valence-electron chi connectivity index (χ2n) is 4.72. The molecule has 0 radical (unpaired) electrons. The molecule has 0 aromatic heterocycles. The fourth-order valence-corrected chi connectivity index (χ4v) is 1.87. The molecular weight excluding hydrogens is 184 g/mol. The zero-order chi connectivity index (χ0) is 11.1. The first kappa shape index (κ1) is 12.5. The van der Waals surface area contributed by atoms with Crippen molar-refractivity contribution in [1.82, 2.24) is 10.2 Å². The van der Waals surface area contributed by atoms with Gasteiger partial charge in [0.2, 0.25) is 0 Å². The molecule has 0 aliphatic heterocycles. The maximum atomic E-state index is 3.53. The van der Waals surface area contributed by atoms with Crippen LogP contribution in [0.25, 0.3) is 0 Å². The highest BCUT2D eigenvalue weighted by molar-refractivity contribution is 5.18. The summed E-state index contributed by atoms with van der Waals surface area (Å²) >= 11 is 0. The smallest absolute Gasteiger partial charge is 0.00174 e. The Morgan fingerprint density at radius 3 is 2.93 bits per heavy atom. The predicted octanol–water partition coefficient (Wildman–Crippen LogP) is 2.05. The Bertz CT molecular complexity index is 229. The topological polar surface area (TPSA) is 15.3 Å². The van der Waals surface area contributed by atoms with Gasteiger partial charge in [-0.3, -0.25) is 0 Å². The highest BCUT2D eigenvalue weighted by atomic mass is 15.1. The lowest BCUT2D eigenvalue weighted by atomic mass is 9.95. The number of hydrogen-bond donors (Lipinski definition) is 1. The van der Waals surface area contributed by atoms with E-state index in [4.69, 9.17) is 0 Å². The summed E-state index contributed by atoms with van der Waals surface area (Å²) < 4.78 is 0. The van der Waals surface area contributed by atoms with Crippen molar-refractivity contribution >= 4 is 0 Å². The van der Waals surface area contributed by atoms with Crippen LogP contribution < -0.4 is 5.32 Å². The van der Waals surface area contributed by atoms with Crippen molar-refractivity contribution in [2.45, 2.75) is 19.8 Å². The quantitative estimate of drug-likeness (QED) is 0.672. The van der Waals surface area contributed by atoms with E-state index in [2.05, 4.69) is 49.5 Å². The average molecular weight is 208 g/mol. The molecule has 2 nitrogen and oxygen atoms in total. The molecule has 0 amide bonds. The van der Waals surface area contributed by atoms with Crippen molar-refractivity contribution in [1.29, 1.82) is 0 Å². The monoisotopic (exact) mass is 208 g/mol. The molecule has 1 aliphatic carbocycles. The van der Waals surface area contributed by atoms with Gasteiger partial charge in [-0.25, -0.2) is 0 Å². The first-order valence-electron chi connectivity index (χ1n) is 5.88. The Morgan fingerprint density at radius 1 is 1.47 bits per heavy atom. The molecule has 0 spiro atoms. The van der Waals surface area contributed by atoms with E-state index in [0.717, 1.165) is 13.1 Å². The fraction of sp³-hybridized carbons (Fsp3) is 0.692. The number of allylic oxidation sites excluding steroid dienone is 3. The average Bonchev–Trinajstić information content (AvgIpc) is 2.17. The largest absolute Gasteiger partial charge is 0.316 e. The predicted molar refractivity (Wildman–Crippen MR) is 67.0 cm³/mol. The van der Waals surface area contributed by atoms with Gasteiger partial charge in [-0.2, -0.15) is 0 Å². The molecule has 1 unspecified atom stereocenters. The van der Waals surface area contributed by atoms with Crippen molar-refractivity contribution in [3.05, 3.63) is 23.8 Å². The first-order valence-corrected chi connectivity index (χ1v) is 5.88. The Balaban J connectivity index is 2.01. The second-order valence-corrected chi connectivity index (χ2v) is 4.72. The molecule has 0 saturated carbocycles. The minimum atomic E-state index is 0.703. The molecule has 2 heteroatoms. The van der Waals surface area contributed by atoms with Crippen molar-refractivity contribution in [2.75, 3.05) is 33.7 Å². The van der Waals surface area contributed by atoms with Crippen molar-refractivity contribution in [3.63, 3.8) is 0 Å². The third-order valence-corrected chi connectivity index (χ3v) is 2.71. The van der Waals surface area contributed by atoms with Gasteiger partial charge in [-0.05, 0) is 52.9 Å². The van der Waals surface area contributed by atoms with Gasteiger partial charge >= 0.3 is 0 Å². The van der Waals surface area contributed by atoms with Crippen LogP contribution in [-0.4, -0.2) is 38.6 Å². The minimum Gasteiger partial charge on any atom is -0.316 e. The molecule has 1 aliphatic rings. The van der Waals surface area contributed by atoms with Crippen LogP contribution in [-0.2, 0) is 0 Å². The van der Waals surface area contributed by atoms with Gasteiger partial charge < -0.3 is 10.2 Å². The summed E-state index contributed by atoms with van der Waals surface area (Å²) in [5, 5.41) is 3.53. The van der Waals surface area contributed by atoms with Crippen LogP contribution >= 0.6 is 0 Å². The molecule has 0 saturated heterocycles. The Kier molecular flexibility index (Phi) is 5.66. The number of nitrogens with zero attached hydrogens (tertiary/aromatic N) is 1. The highest BCUT2D eigenvalue weighted by Gasteiger charge is 2.07. The zero-order valence-electron chi connectivity index (χ0n) is 10.3. The third-order valence-electron chi connectivity index (χ3n) is 2.71. The lowest BCUT2D eigenvalue weighted by Gasteiger charge is -2.17. The highest BCUT2D eigenvalue weighted by Crippen LogP contribution is 2.16. The summed E-state index contributed by atoms with van der Waals surface area (Å²) in [5.41, 5.74) is 1.50. The van der Waals surface area contributed by atoms with E-state index in [-0.39, 0.29) is 0 Å². The summed E-state index contributed by atoms with van der Waals surface area (Å²) in [6.45, 7) is 5.63. The third kappa shape index (κ3) is 5.75. The minimum absolute atomic E-state index is 0.703. The van der Waals surface area contributed by atoms with Crippen LogP contribution in [0.5, 0.6) is 0 Å². The van der Waals surface area contributed by atoms with Gasteiger partial charge in [-0.15, -0.1) is 0 Å². The number of rotatable bonds is 6. The van der Waals surface area contributed by atoms with E-state index < -0.39 is 0 Å². The van der Waals surface area contributed by atoms with Crippen LogP contribution in [0.4, 0.5) is 0 Å².